The van der Waals surface area contributed by atoms with Gasteiger partial charge in [0.2, 0.25) is 0 Å². The second-order valence-electron chi connectivity index (χ2n) is 5.47. The van der Waals surface area contributed by atoms with Gasteiger partial charge in [-0.2, -0.15) is 0 Å². The molecule has 0 N–H and O–H groups in total. The maximum atomic E-state index is 12.4. The first-order valence-corrected chi connectivity index (χ1v) is 8.71. The Morgan fingerprint density at radius 2 is 1.46 bits per heavy atom. The van der Waals surface area contributed by atoms with Gasteiger partial charge in [-0.1, -0.05) is 36.4 Å². The van der Waals surface area contributed by atoms with Crippen LogP contribution in [-0.4, -0.2) is 20.2 Å². The minimum absolute atomic E-state index is 0.377. The molecule has 0 aliphatic rings. The van der Waals surface area contributed by atoms with Crippen LogP contribution in [0.4, 0.5) is 0 Å². The fourth-order valence-electron chi connectivity index (χ4n) is 2.52. The lowest BCUT2D eigenvalue weighted by atomic mass is 10.1. The molecule has 0 aliphatic heterocycles. The van der Waals surface area contributed by atoms with Crippen molar-refractivity contribution in [2.75, 3.05) is 14.2 Å². The minimum Gasteiger partial charge on any atom is -0.493 e. The summed E-state index contributed by atoms with van der Waals surface area (Å²) in [4.78, 5) is 12.4. The topological polar surface area (TPSA) is 44.8 Å². The molecule has 0 heterocycles. The number of halogens is 1. The first kappa shape index (κ1) is 18.0. The summed E-state index contributed by atoms with van der Waals surface area (Å²) >= 11 is 3.47. The molecule has 0 bridgehead atoms. The number of hydrogen-bond acceptors (Lipinski definition) is 4. The highest BCUT2D eigenvalue weighted by molar-refractivity contribution is 9.10. The summed E-state index contributed by atoms with van der Waals surface area (Å²) in [5.74, 6) is 1.00. The van der Waals surface area contributed by atoms with Crippen LogP contribution < -0.4 is 14.2 Å². The van der Waals surface area contributed by atoms with Gasteiger partial charge in [0.05, 0.1) is 24.3 Å². The van der Waals surface area contributed by atoms with E-state index in [0.717, 1.165) is 11.1 Å². The molecule has 0 saturated heterocycles. The van der Waals surface area contributed by atoms with E-state index < -0.39 is 5.97 Å². The van der Waals surface area contributed by atoms with Crippen molar-refractivity contribution >= 4 is 21.9 Å². The van der Waals surface area contributed by atoms with Gasteiger partial charge >= 0.3 is 5.97 Å². The molecule has 3 rings (SSSR count). The largest absolute Gasteiger partial charge is 0.493 e. The van der Waals surface area contributed by atoms with E-state index in [0.29, 0.717) is 27.3 Å². The Balaban J connectivity index is 1.81. The highest BCUT2D eigenvalue weighted by Gasteiger charge is 2.14. The molecule has 3 aromatic carbocycles. The number of methoxy groups -OCH3 is 2. The number of rotatable bonds is 5. The average molecular weight is 413 g/mol. The smallest absolute Gasteiger partial charge is 0.343 e. The van der Waals surface area contributed by atoms with E-state index in [-0.39, 0.29) is 0 Å². The first-order chi connectivity index (χ1) is 12.6. The van der Waals surface area contributed by atoms with Crippen molar-refractivity contribution in [3.05, 3.63) is 76.8 Å². The lowest BCUT2D eigenvalue weighted by molar-refractivity contribution is 0.0733. The van der Waals surface area contributed by atoms with Crippen LogP contribution in [0.3, 0.4) is 0 Å². The predicted molar refractivity (Wildman–Crippen MR) is 104 cm³/mol. The van der Waals surface area contributed by atoms with Gasteiger partial charge in [-0.25, -0.2) is 4.79 Å². The lowest BCUT2D eigenvalue weighted by Crippen LogP contribution is -2.09. The van der Waals surface area contributed by atoms with E-state index in [4.69, 9.17) is 14.2 Å². The van der Waals surface area contributed by atoms with Gasteiger partial charge in [-0.15, -0.1) is 0 Å². The summed E-state index contributed by atoms with van der Waals surface area (Å²) in [6, 6.07) is 20.5. The molecule has 0 radical (unpaired) electrons. The highest BCUT2D eigenvalue weighted by atomic mass is 79.9. The number of carbonyl (C=O) groups is 1. The van der Waals surface area contributed by atoms with E-state index >= 15 is 0 Å². The Morgan fingerprint density at radius 3 is 2.12 bits per heavy atom. The molecule has 26 heavy (non-hydrogen) atoms. The Hall–Kier alpha value is -2.79. The van der Waals surface area contributed by atoms with Gasteiger partial charge in [-0.05, 0) is 57.4 Å². The molecule has 4 nitrogen and oxygen atoms in total. The molecule has 0 unspecified atom stereocenters. The van der Waals surface area contributed by atoms with Gasteiger partial charge in [-0.3, -0.25) is 0 Å². The third-order valence-electron chi connectivity index (χ3n) is 3.86. The maximum absolute atomic E-state index is 12.4. The molecule has 0 fully saturated rings. The fraction of sp³-hybridized carbons (Fsp3) is 0.0952. The monoisotopic (exact) mass is 412 g/mol. The van der Waals surface area contributed by atoms with E-state index in [1.807, 2.05) is 42.5 Å². The molecule has 5 heteroatoms. The van der Waals surface area contributed by atoms with Crippen molar-refractivity contribution < 1.29 is 19.0 Å². The number of esters is 1. The summed E-state index contributed by atoms with van der Waals surface area (Å²) in [7, 11) is 3.06. The zero-order chi connectivity index (χ0) is 18.5. The molecule has 0 amide bonds. The van der Waals surface area contributed by atoms with Crippen molar-refractivity contribution in [1.82, 2.24) is 0 Å². The molecule has 0 saturated carbocycles. The number of ether oxygens (including phenoxy) is 3. The van der Waals surface area contributed by atoms with E-state index in [9.17, 15) is 4.79 Å². The van der Waals surface area contributed by atoms with Gasteiger partial charge in [0.25, 0.3) is 0 Å². The molecular formula is C21H17BrO4. The summed E-state index contributed by atoms with van der Waals surface area (Å²) in [6.45, 7) is 0. The normalized spacial score (nSPS) is 10.3. The third kappa shape index (κ3) is 3.89. The van der Waals surface area contributed by atoms with Crippen LogP contribution in [0.25, 0.3) is 11.1 Å². The van der Waals surface area contributed by atoms with Gasteiger partial charge in [0, 0.05) is 0 Å². The summed E-state index contributed by atoms with van der Waals surface area (Å²) < 4.78 is 16.6. The third-order valence-corrected chi connectivity index (χ3v) is 4.48. The van der Waals surface area contributed by atoms with Gasteiger partial charge in [0.15, 0.2) is 11.5 Å². The van der Waals surface area contributed by atoms with Crippen LogP contribution in [0.5, 0.6) is 17.2 Å². The SMILES string of the molecule is COc1ccc(C(=O)Oc2ccc(-c3ccccc3)cc2Br)cc1OC. The average Bonchev–Trinajstić information content (AvgIpc) is 2.69. The molecule has 0 aromatic heterocycles. The predicted octanol–water partition coefficient (Wildman–Crippen LogP) is 5.35. The summed E-state index contributed by atoms with van der Waals surface area (Å²) in [5, 5.41) is 0. The van der Waals surface area contributed by atoms with Crippen LogP contribution in [0.15, 0.2) is 71.2 Å². The Labute approximate surface area is 160 Å². The second-order valence-corrected chi connectivity index (χ2v) is 6.32. The van der Waals surface area contributed by atoms with Crippen LogP contribution in [0, 0.1) is 0 Å². The van der Waals surface area contributed by atoms with Crippen molar-refractivity contribution in [3.63, 3.8) is 0 Å². The molecule has 132 valence electrons. The van der Waals surface area contributed by atoms with E-state index in [2.05, 4.69) is 15.9 Å². The number of carbonyl (C=O) groups excluding carboxylic acids is 1. The lowest BCUT2D eigenvalue weighted by Gasteiger charge is -2.11. The van der Waals surface area contributed by atoms with Crippen molar-refractivity contribution in [3.8, 4) is 28.4 Å². The van der Waals surface area contributed by atoms with Crippen LogP contribution >= 0.6 is 15.9 Å². The summed E-state index contributed by atoms with van der Waals surface area (Å²) in [6.07, 6.45) is 0. The van der Waals surface area contributed by atoms with Gasteiger partial charge < -0.3 is 14.2 Å². The zero-order valence-corrected chi connectivity index (χ0v) is 15.9. The first-order valence-electron chi connectivity index (χ1n) is 7.91. The minimum atomic E-state index is -0.473. The van der Waals surface area contributed by atoms with Crippen molar-refractivity contribution in [2.24, 2.45) is 0 Å². The molecule has 0 spiro atoms. The van der Waals surface area contributed by atoms with Gasteiger partial charge in [0.1, 0.15) is 5.75 Å². The Bertz CT molecular complexity index is 923. The Morgan fingerprint density at radius 1 is 0.769 bits per heavy atom. The highest BCUT2D eigenvalue weighted by Crippen LogP contribution is 2.32. The number of benzene rings is 3. The van der Waals surface area contributed by atoms with E-state index in [1.54, 1.807) is 31.4 Å². The molecule has 0 aliphatic carbocycles. The Kier molecular flexibility index (Phi) is 5.58. The molecule has 0 atom stereocenters. The van der Waals surface area contributed by atoms with E-state index in [1.165, 1.54) is 7.11 Å². The van der Waals surface area contributed by atoms with Crippen molar-refractivity contribution in [1.29, 1.82) is 0 Å². The molecular weight excluding hydrogens is 396 g/mol. The fourth-order valence-corrected chi connectivity index (χ4v) is 2.98. The van der Waals surface area contributed by atoms with Crippen LogP contribution in [0.2, 0.25) is 0 Å². The zero-order valence-electron chi connectivity index (χ0n) is 14.4. The standard InChI is InChI=1S/C21H17BrO4/c1-24-19-11-9-16(13-20(19)25-2)21(23)26-18-10-8-15(12-17(18)22)14-6-4-3-5-7-14/h3-13H,1-2H3. The summed E-state index contributed by atoms with van der Waals surface area (Å²) in [5.41, 5.74) is 2.50. The van der Waals surface area contributed by atoms with Crippen molar-refractivity contribution in [2.45, 2.75) is 0 Å². The van der Waals surface area contributed by atoms with Crippen LogP contribution in [0.1, 0.15) is 10.4 Å². The quantitative estimate of drug-likeness (QED) is 0.418. The molecule has 3 aromatic rings. The maximum Gasteiger partial charge on any atom is 0.343 e. The second kappa shape index (κ2) is 8.06. The number of hydrogen-bond donors (Lipinski definition) is 0. The van der Waals surface area contributed by atoms with Crippen LogP contribution in [-0.2, 0) is 0 Å².